The average molecular weight is 388 g/mol. The second kappa shape index (κ2) is 7.03. The van der Waals surface area contributed by atoms with Crippen molar-refractivity contribution in [3.05, 3.63) is 69.7 Å². The highest BCUT2D eigenvalue weighted by Crippen LogP contribution is 2.30. The summed E-state index contributed by atoms with van der Waals surface area (Å²) in [5.74, 6) is -0.115. The maximum absolute atomic E-state index is 12.5. The van der Waals surface area contributed by atoms with Crippen LogP contribution in [0, 0.1) is 0 Å². The van der Waals surface area contributed by atoms with Gasteiger partial charge in [0.1, 0.15) is 11.4 Å². The molecular formula is C20H19Cl2N3O. The van der Waals surface area contributed by atoms with E-state index < -0.39 is 5.66 Å². The molecule has 0 bridgehead atoms. The molecule has 2 aromatic carbocycles. The van der Waals surface area contributed by atoms with Crippen LogP contribution in [0.5, 0.6) is 0 Å². The lowest BCUT2D eigenvalue weighted by Crippen LogP contribution is -2.50. The minimum Gasteiger partial charge on any atom is -0.326 e. The number of hydrogen-bond acceptors (Lipinski definition) is 3. The summed E-state index contributed by atoms with van der Waals surface area (Å²) in [6, 6.07) is 15.2. The number of aliphatic imine (C=N–C) groups is 1. The fourth-order valence-electron chi connectivity index (χ4n) is 3.61. The molecule has 0 aromatic heterocycles. The maximum atomic E-state index is 12.5. The van der Waals surface area contributed by atoms with Crippen LogP contribution in [0.25, 0.3) is 0 Å². The van der Waals surface area contributed by atoms with Gasteiger partial charge in [0.25, 0.3) is 5.91 Å². The molecule has 2 aliphatic rings. The van der Waals surface area contributed by atoms with Crippen LogP contribution in [-0.2, 0) is 11.3 Å². The summed E-state index contributed by atoms with van der Waals surface area (Å²) < 4.78 is 0. The van der Waals surface area contributed by atoms with E-state index in [9.17, 15) is 4.79 Å². The number of nitrogens with one attached hydrogen (secondary N) is 1. The van der Waals surface area contributed by atoms with Crippen molar-refractivity contribution in [1.82, 2.24) is 10.2 Å². The van der Waals surface area contributed by atoms with Crippen LogP contribution < -0.4 is 5.32 Å². The summed E-state index contributed by atoms with van der Waals surface area (Å²) in [4.78, 5) is 19.6. The van der Waals surface area contributed by atoms with E-state index in [0.717, 1.165) is 43.1 Å². The van der Waals surface area contributed by atoms with Gasteiger partial charge in [-0.2, -0.15) is 0 Å². The van der Waals surface area contributed by atoms with Crippen molar-refractivity contribution in [2.75, 3.05) is 13.1 Å². The lowest BCUT2D eigenvalue weighted by atomic mass is 9.97. The molecular weight excluding hydrogens is 369 g/mol. The van der Waals surface area contributed by atoms with Gasteiger partial charge in [-0.05, 0) is 29.8 Å². The Kier molecular flexibility index (Phi) is 4.74. The van der Waals surface area contributed by atoms with Gasteiger partial charge in [-0.3, -0.25) is 14.7 Å². The first-order valence-electron chi connectivity index (χ1n) is 8.68. The molecule has 0 radical (unpaired) electrons. The van der Waals surface area contributed by atoms with E-state index in [2.05, 4.69) is 16.3 Å². The Morgan fingerprint density at radius 3 is 2.42 bits per heavy atom. The highest BCUT2D eigenvalue weighted by molar-refractivity contribution is 6.47. The van der Waals surface area contributed by atoms with Gasteiger partial charge in [0.05, 0.1) is 0 Å². The first-order valence-corrected chi connectivity index (χ1v) is 9.44. The Balaban J connectivity index is 1.46. The van der Waals surface area contributed by atoms with E-state index in [4.69, 9.17) is 28.2 Å². The Morgan fingerprint density at radius 2 is 1.73 bits per heavy atom. The second-order valence-corrected chi connectivity index (χ2v) is 7.74. The van der Waals surface area contributed by atoms with Crippen LogP contribution in [0.2, 0.25) is 10.0 Å². The highest BCUT2D eigenvalue weighted by Gasteiger charge is 2.42. The predicted molar refractivity (Wildman–Crippen MR) is 105 cm³/mol. The number of likely N-dealkylation sites (tertiary alicyclic amines) is 1. The SMILES string of the molecule is O=C1NC2(CCN(Cc3cccc(Cl)c3)CC2)N=C1c1cccc(Cl)c1. The van der Waals surface area contributed by atoms with Gasteiger partial charge in [0.15, 0.2) is 0 Å². The summed E-state index contributed by atoms with van der Waals surface area (Å²) in [6.45, 7) is 2.60. The zero-order valence-corrected chi connectivity index (χ0v) is 15.7. The van der Waals surface area contributed by atoms with Crippen LogP contribution in [0.15, 0.2) is 53.5 Å². The van der Waals surface area contributed by atoms with Crippen LogP contribution in [0.1, 0.15) is 24.0 Å². The lowest BCUT2D eigenvalue weighted by molar-refractivity contribution is -0.115. The molecule has 2 heterocycles. The molecule has 26 heavy (non-hydrogen) atoms. The van der Waals surface area contributed by atoms with Crippen molar-refractivity contribution >= 4 is 34.8 Å². The van der Waals surface area contributed by atoms with Gasteiger partial charge in [-0.25, -0.2) is 0 Å². The number of rotatable bonds is 3. The van der Waals surface area contributed by atoms with Gasteiger partial charge >= 0.3 is 0 Å². The molecule has 1 N–H and O–H groups in total. The first kappa shape index (κ1) is 17.5. The molecule has 1 fully saturated rings. The summed E-state index contributed by atoms with van der Waals surface area (Å²) in [7, 11) is 0. The fraction of sp³-hybridized carbons (Fsp3) is 0.300. The van der Waals surface area contributed by atoms with E-state index in [1.807, 2.05) is 30.3 Å². The van der Waals surface area contributed by atoms with Gasteiger partial charge in [0, 0.05) is 48.1 Å². The second-order valence-electron chi connectivity index (χ2n) is 6.86. The molecule has 2 aromatic rings. The number of hydrogen-bond donors (Lipinski definition) is 1. The molecule has 1 amide bonds. The molecule has 0 unspecified atom stereocenters. The van der Waals surface area contributed by atoms with E-state index in [-0.39, 0.29) is 5.91 Å². The molecule has 2 aliphatic heterocycles. The van der Waals surface area contributed by atoms with Crippen LogP contribution in [-0.4, -0.2) is 35.3 Å². The van der Waals surface area contributed by atoms with E-state index in [1.54, 1.807) is 12.1 Å². The number of benzene rings is 2. The van der Waals surface area contributed by atoms with Crippen molar-refractivity contribution in [2.45, 2.75) is 25.0 Å². The van der Waals surface area contributed by atoms with Crippen LogP contribution >= 0.6 is 23.2 Å². The zero-order chi connectivity index (χ0) is 18.1. The first-order chi connectivity index (χ1) is 12.5. The number of amides is 1. The molecule has 0 atom stereocenters. The van der Waals surface area contributed by atoms with E-state index >= 15 is 0 Å². The van der Waals surface area contributed by atoms with E-state index in [0.29, 0.717) is 10.7 Å². The quantitative estimate of drug-likeness (QED) is 0.867. The van der Waals surface area contributed by atoms with E-state index in [1.165, 1.54) is 5.56 Å². The molecule has 134 valence electrons. The summed E-state index contributed by atoms with van der Waals surface area (Å²) in [5, 5.41) is 4.46. The molecule has 1 spiro atoms. The number of halogens is 2. The minimum absolute atomic E-state index is 0.115. The smallest absolute Gasteiger partial charge is 0.272 e. The maximum Gasteiger partial charge on any atom is 0.272 e. The minimum atomic E-state index is -0.487. The van der Waals surface area contributed by atoms with Crippen molar-refractivity contribution in [3.8, 4) is 0 Å². The van der Waals surface area contributed by atoms with Crippen molar-refractivity contribution in [3.63, 3.8) is 0 Å². The van der Waals surface area contributed by atoms with Gasteiger partial charge < -0.3 is 5.32 Å². The number of carbonyl (C=O) groups is 1. The fourth-order valence-corrected chi connectivity index (χ4v) is 4.01. The predicted octanol–water partition coefficient (Wildman–Crippen LogP) is 3.90. The van der Waals surface area contributed by atoms with Crippen LogP contribution in [0.4, 0.5) is 0 Å². The summed E-state index contributed by atoms with van der Waals surface area (Å²) in [6.07, 6.45) is 1.59. The Hall–Kier alpha value is -1.88. The number of nitrogens with zero attached hydrogens (tertiary/aromatic N) is 2. The summed E-state index contributed by atoms with van der Waals surface area (Å²) >= 11 is 12.1. The third-order valence-electron chi connectivity index (χ3n) is 4.96. The standard InChI is InChI=1S/C20H19Cl2N3O/c21-16-5-1-3-14(11-16)13-25-9-7-20(8-10-25)23-18(19(26)24-20)15-4-2-6-17(22)12-15/h1-6,11-12H,7-10,13H2,(H,24,26). The largest absolute Gasteiger partial charge is 0.326 e. The topological polar surface area (TPSA) is 44.7 Å². The van der Waals surface area contributed by atoms with Gasteiger partial charge in [-0.15, -0.1) is 0 Å². The normalized spacial score (nSPS) is 19.5. The van der Waals surface area contributed by atoms with Gasteiger partial charge in [-0.1, -0.05) is 47.5 Å². The van der Waals surface area contributed by atoms with Crippen molar-refractivity contribution in [1.29, 1.82) is 0 Å². The average Bonchev–Trinajstić information content (AvgIpc) is 2.94. The lowest BCUT2D eigenvalue weighted by Gasteiger charge is -2.37. The van der Waals surface area contributed by atoms with Crippen molar-refractivity contribution < 1.29 is 4.79 Å². The molecule has 0 saturated carbocycles. The molecule has 6 heteroatoms. The molecule has 0 aliphatic carbocycles. The van der Waals surface area contributed by atoms with Crippen molar-refractivity contribution in [2.24, 2.45) is 4.99 Å². The Labute approximate surface area is 162 Å². The molecule has 1 saturated heterocycles. The third kappa shape index (κ3) is 3.63. The number of carbonyl (C=O) groups excluding carboxylic acids is 1. The molecule has 4 rings (SSSR count). The molecule has 4 nitrogen and oxygen atoms in total. The summed E-state index contributed by atoms with van der Waals surface area (Å²) in [5.41, 5.74) is 1.97. The monoisotopic (exact) mass is 387 g/mol. The van der Waals surface area contributed by atoms with Crippen LogP contribution in [0.3, 0.4) is 0 Å². The Morgan fingerprint density at radius 1 is 1.04 bits per heavy atom. The van der Waals surface area contributed by atoms with Gasteiger partial charge in [0.2, 0.25) is 0 Å². The highest BCUT2D eigenvalue weighted by atomic mass is 35.5. The zero-order valence-electron chi connectivity index (χ0n) is 14.2. The third-order valence-corrected chi connectivity index (χ3v) is 5.43. The Bertz CT molecular complexity index is 873. The number of piperidine rings is 1.